The molecule has 302 valence electrons. The molecular weight excluding hydrogens is 715 g/mol. The van der Waals surface area contributed by atoms with Crippen LogP contribution in [0.25, 0.3) is 11.1 Å². The number of nitrogens with zero attached hydrogens (tertiary/aromatic N) is 2. The molecule has 59 heavy (non-hydrogen) atoms. The molecule has 2 aromatic carbocycles. The van der Waals surface area contributed by atoms with E-state index < -0.39 is 0 Å². The van der Waals surface area contributed by atoms with Crippen molar-refractivity contribution in [3.05, 3.63) is 161 Å². The molecule has 0 bridgehead atoms. The van der Waals surface area contributed by atoms with E-state index in [1.165, 1.54) is 86.6 Å². The molecule has 2 fully saturated rings. The van der Waals surface area contributed by atoms with Gasteiger partial charge in [0.15, 0.2) is 0 Å². The van der Waals surface area contributed by atoms with Crippen molar-refractivity contribution in [3.63, 3.8) is 0 Å². The molecule has 1 saturated heterocycles. The molecule has 0 amide bonds. The highest BCUT2D eigenvalue weighted by molar-refractivity contribution is 5.72. The second-order valence-corrected chi connectivity index (χ2v) is 20.3. The van der Waals surface area contributed by atoms with Crippen LogP contribution >= 0.6 is 0 Å². The zero-order valence-electron chi connectivity index (χ0n) is 35.4. The summed E-state index contributed by atoms with van der Waals surface area (Å²) in [5.41, 5.74) is 16.0. The van der Waals surface area contributed by atoms with Crippen LogP contribution in [0.5, 0.6) is 0 Å². The summed E-state index contributed by atoms with van der Waals surface area (Å²) in [7, 11) is 0. The molecule has 1 N–H and O–H groups in total. The minimum Gasteiger partial charge on any atom is -0.391 e. The van der Waals surface area contributed by atoms with Crippen molar-refractivity contribution < 1.29 is 0 Å². The van der Waals surface area contributed by atoms with Crippen molar-refractivity contribution in [2.75, 3.05) is 11.4 Å². The summed E-state index contributed by atoms with van der Waals surface area (Å²) in [5.74, 6) is 3.34. The van der Waals surface area contributed by atoms with Gasteiger partial charge in [-0.15, -0.1) is 0 Å². The standard InChI is InChI=1S/C56H63N3/c1-56(2)50-17-9-6-14-44(50)47-35-42(22-23-51(47)56)58-52-18-10-7-15-45(52)48-33-38(20-24-54(48)58)39-21-25-55-49(34-39)46-16-8-11-19-53(46)59(55)43-31-40(36-12-4-3-5-13-36)30-41(32-43)37-26-28-57-29-27-37/h3-6,8,12-14,16,20,23-24,26,28,30-35,37,39,42,44,46,48,50,53-55,57H,7,9-11,15,17-19,21-22,25,27,29H2,1-2H3. The molecule has 12 rings (SSSR count). The zero-order valence-corrected chi connectivity index (χ0v) is 35.4. The summed E-state index contributed by atoms with van der Waals surface area (Å²) in [6.45, 7) is 6.10. The molecule has 10 atom stereocenters. The third-order valence-electron chi connectivity index (χ3n) is 17.0. The molecule has 2 aromatic rings. The number of anilines is 1. The molecule has 0 radical (unpaired) electrons. The first kappa shape index (κ1) is 36.4. The highest BCUT2D eigenvalue weighted by Gasteiger charge is 2.51. The van der Waals surface area contributed by atoms with Crippen LogP contribution in [-0.4, -0.2) is 35.6 Å². The quantitative estimate of drug-likeness (QED) is 0.305. The molecule has 3 aliphatic heterocycles. The minimum atomic E-state index is 0.286. The SMILES string of the molecule is CC1(C)C2=CCC(N3C4=C(CCCC4)C4C=C(C5C=C6C7C=CCCC7N(c7cc(-c8ccccc8)cc(C8C=CNCC8)c7)C6CC5)C=CC43)C=C2C2C=CCCC21. The molecule has 0 aromatic heterocycles. The number of hydrogen-bond donors (Lipinski definition) is 1. The fourth-order valence-corrected chi connectivity index (χ4v) is 14.2. The van der Waals surface area contributed by atoms with Gasteiger partial charge in [0, 0.05) is 53.6 Å². The van der Waals surface area contributed by atoms with Gasteiger partial charge in [0.25, 0.3) is 0 Å². The maximum atomic E-state index is 3.44. The summed E-state index contributed by atoms with van der Waals surface area (Å²) in [6, 6.07) is 20.6. The lowest BCUT2D eigenvalue weighted by Gasteiger charge is -2.40. The molecule has 3 nitrogen and oxygen atoms in total. The summed E-state index contributed by atoms with van der Waals surface area (Å²) in [4.78, 5) is 5.84. The van der Waals surface area contributed by atoms with Gasteiger partial charge in [0.05, 0.1) is 18.1 Å². The molecular formula is C56H63N3. The average molecular weight is 778 g/mol. The summed E-state index contributed by atoms with van der Waals surface area (Å²) in [6.07, 6.45) is 45.9. The van der Waals surface area contributed by atoms with Crippen molar-refractivity contribution in [1.82, 2.24) is 10.2 Å². The van der Waals surface area contributed by atoms with Crippen molar-refractivity contribution in [1.29, 1.82) is 0 Å². The van der Waals surface area contributed by atoms with E-state index >= 15 is 0 Å². The lowest BCUT2D eigenvalue weighted by molar-refractivity contribution is 0.240. The first-order valence-corrected chi connectivity index (χ1v) is 23.8. The van der Waals surface area contributed by atoms with Gasteiger partial charge in [-0.25, -0.2) is 0 Å². The van der Waals surface area contributed by atoms with Crippen LogP contribution in [0.15, 0.2) is 155 Å². The third-order valence-corrected chi connectivity index (χ3v) is 17.0. The molecule has 3 heteroatoms. The monoisotopic (exact) mass is 778 g/mol. The zero-order chi connectivity index (χ0) is 39.2. The highest BCUT2D eigenvalue weighted by atomic mass is 15.2. The molecule has 3 heterocycles. The van der Waals surface area contributed by atoms with Gasteiger partial charge in [-0.3, -0.25) is 0 Å². The van der Waals surface area contributed by atoms with E-state index in [1.807, 2.05) is 0 Å². The summed E-state index contributed by atoms with van der Waals surface area (Å²) >= 11 is 0. The van der Waals surface area contributed by atoms with E-state index in [0.29, 0.717) is 53.8 Å². The number of allylic oxidation sites excluding steroid dienone is 10. The smallest absolute Gasteiger partial charge is 0.0580 e. The van der Waals surface area contributed by atoms with Gasteiger partial charge in [-0.2, -0.15) is 0 Å². The van der Waals surface area contributed by atoms with Crippen LogP contribution in [-0.2, 0) is 0 Å². The largest absolute Gasteiger partial charge is 0.391 e. The molecule has 10 aliphatic rings. The number of benzene rings is 2. The van der Waals surface area contributed by atoms with Crippen LogP contribution < -0.4 is 10.2 Å². The highest BCUT2D eigenvalue weighted by Crippen LogP contribution is 2.59. The Kier molecular flexibility index (Phi) is 8.82. The Hall–Kier alpha value is -4.50. The predicted molar refractivity (Wildman–Crippen MR) is 245 cm³/mol. The van der Waals surface area contributed by atoms with Crippen LogP contribution in [0.4, 0.5) is 5.69 Å². The van der Waals surface area contributed by atoms with E-state index in [9.17, 15) is 0 Å². The lowest BCUT2D eigenvalue weighted by Crippen LogP contribution is -2.41. The van der Waals surface area contributed by atoms with Gasteiger partial charge in [0.1, 0.15) is 0 Å². The topological polar surface area (TPSA) is 18.5 Å². The number of hydrogen-bond acceptors (Lipinski definition) is 3. The van der Waals surface area contributed by atoms with Gasteiger partial charge in [-0.1, -0.05) is 117 Å². The number of nitrogens with one attached hydrogen (secondary N) is 1. The van der Waals surface area contributed by atoms with Gasteiger partial charge in [0.2, 0.25) is 0 Å². The Morgan fingerprint density at radius 3 is 2.47 bits per heavy atom. The predicted octanol–water partition coefficient (Wildman–Crippen LogP) is 12.7. The Balaban J connectivity index is 0.861. The van der Waals surface area contributed by atoms with Crippen LogP contribution in [0, 0.1) is 35.0 Å². The molecule has 10 unspecified atom stereocenters. The normalized spacial score (nSPS) is 36.0. The van der Waals surface area contributed by atoms with Gasteiger partial charge in [-0.05, 0) is 151 Å². The number of rotatable bonds is 5. The van der Waals surface area contributed by atoms with Gasteiger partial charge < -0.3 is 15.1 Å². The maximum absolute atomic E-state index is 3.44. The molecule has 7 aliphatic carbocycles. The Bertz CT molecular complexity index is 2310. The van der Waals surface area contributed by atoms with E-state index in [-0.39, 0.29) is 5.41 Å². The summed E-state index contributed by atoms with van der Waals surface area (Å²) in [5, 5.41) is 3.44. The van der Waals surface area contributed by atoms with Crippen molar-refractivity contribution >= 4 is 5.69 Å². The second kappa shape index (κ2) is 14.3. The van der Waals surface area contributed by atoms with Crippen LogP contribution in [0.3, 0.4) is 0 Å². The third kappa shape index (κ3) is 5.87. The first-order chi connectivity index (χ1) is 29.0. The maximum Gasteiger partial charge on any atom is 0.0580 e. The van der Waals surface area contributed by atoms with Crippen molar-refractivity contribution in [2.24, 2.45) is 35.0 Å². The molecule has 0 spiro atoms. The Morgan fingerprint density at radius 2 is 1.59 bits per heavy atom. The summed E-state index contributed by atoms with van der Waals surface area (Å²) < 4.78 is 0. The first-order valence-electron chi connectivity index (χ1n) is 23.8. The van der Waals surface area contributed by atoms with Crippen molar-refractivity contribution in [2.45, 2.75) is 121 Å². The fraction of sp³-hybridized carbons (Fsp3) is 0.464. The van der Waals surface area contributed by atoms with Crippen LogP contribution in [0.2, 0.25) is 0 Å². The van der Waals surface area contributed by atoms with E-state index in [2.05, 4.69) is 151 Å². The second-order valence-electron chi connectivity index (χ2n) is 20.3. The lowest BCUT2D eigenvalue weighted by atomic mass is 9.72. The van der Waals surface area contributed by atoms with Crippen molar-refractivity contribution in [3.8, 4) is 11.1 Å². The van der Waals surface area contributed by atoms with E-state index in [4.69, 9.17) is 0 Å². The van der Waals surface area contributed by atoms with E-state index in [0.717, 1.165) is 25.3 Å². The number of fused-ring (bicyclic) bond motifs is 8. The van der Waals surface area contributed by atoms with Gasteiger partial charge >= 0.3 is 0 Å². The fourth-order valence-electron chi connectivity index (χ4n) is 14.2. The average Bonchev–Trinajstić information content (AvgIpc) is 3.89. The Labute approximate surface area is 353 Å². The molecule has 1 saturated carbocycles. The Morgan fingerprint density at radius 1 is 0.729 bits per heavy atom. The van der Waals surface area contributed by atoms with Crippen LogP contribution in [0.1, 0.15) is 102 Å². The van der Waals surface area contributed by atoms with E-state index in [1.54, 1.807) is 33.6 Å². The minimum absolute atomic E-state index is 0.286.